The van der Waals surface area contributed by atoms with E-state index in [1.807, 2.05) is 30.3 Å². The zero-order valence-corrected chi connectivity index (χ0v) is 22.4. The molecule has 176 valence electrons. The van der Waals surface area contributed by atoms with Crippen molar-refractivity contribution >= 4 is 17.7 Å². The second kappa shape index (κ2) is 20.4. The number of benzene rings is 1. The molecule has 0 aromatic heterocycles. The molecule has 0 radical (unpaired) electrons. The van der Waals surface area contributed by atoms with Crippen molar-refractivity contribution in [1.29, 1.82) is 0 Å². The Morgan fingerprint density at radius 1 is 0.969 bits per heavy atom. The summed E-state index contributed by atoms with van der Waals surface area (Å²) in [4.78, 5) is 33.8. The first-order valence-electron chi connectivity index (χ1n) is 10.6. The first-order valence-corrected chi connectivity index (χ1v) is 10.6. The molecule has 8 heteroatoms. The molecular weight excluding hydrogens is 423 g/mol. The van der Waals surface area contributed by atoms with E-state index >= 15 is 0 Å². The van der Waals surface area contributed by atoms with Crippen molar-refractivity contribution in [1.82, 2.24) is 0 Å². The molecule has 1 aromatic carbocycles. The summed E-state index contributed by atoms with van der Waals surface area (Å²) in [6.45, 7) is 6.69. The van der Waals surface area contributed by atoms with E-state index in [0.717, 1.165) is 18.4 Å². The van der Waals surface area contributed by atoms with Crippen LogP contribution < -0.4 is 34.7 Å². The molecule has 0 aliphatic carbocycles. The third-order valence-electron chi connectivity index (χ3n) is 4.43. The number of carboxylic acids is 1. The average Bonchev–Trinajstić information content (AvgIpc) is 2.68. The van der Waals surface area contributed by atoms with Crippen molar-refractivity contribution < 1.29 is 63.3 Å². The van der Waals surface area contributed by atoms with Gasteiger partial charge < -0.3 is 24.1 Å². The quantitative estimate of drug-likeness (QED) is 0.271. The molecule has 1 aromatic rings. The van der Waals surface area contributed by atoms with Gasteiger partial charge in [0.25, 0.3) is 0 Å². The number of carbonyl (C=O) groups excluding carboxylic acids is 3. The van der Waals surface area contributed by atoms with Gasteiger partial charge in [0.15, 0.2) is 5.78 Å². The molecule has 2 atom stereocenters. The molecule has 0 spiro atoms. The first-order chi connectivity index (χ1) is 14.7. The summed E-state index contributed by atoms with van der Waals surface area (Å²) in [5, 5.41) is 9.36. The van der Waals surface area contributed by atoms with Gasteiger partial charge in [0.2, 0.25) is 0 Å². The van der Waals surface area contributed by atoms with Crippen molar-refractivity contribution in [3.63, 3.8) is 0 Å². The second-order valence-electron chi connectivity index (χ2n) is 8.06. The topological polar surface area (TPSA) is 102 Å². The fourth-order valence-electron chi connectivity index (χ4n) is 3.15. The number of hydrogen-bond acceptors (Lipinski definition) is 7. The number of ketones is 1. The minimum atomic E-state index is -1.18. The summed E-state index contributed by atoms with van der Waals surface area (Å²) in [6.07, 6.45) is 2.64. The maximum Gasteiger partial charge on any atom is 1.00 e. The Balaban J connectivity index is 0. The van der Waals surface area contributed by atoms with Crippen LogP contribution in [0.3, 0.4) is 0 Å². The normalized spacial score (nSPS) is 12.1. The number of carboxylic acid groups (broad SMARTS) is 1. The van der Waals surface area contributed by atoms with Crippen LogP contribution in [0.4, 0.5) is 0 Å². The largest absolute Gasteiger partial charge is 1.00 e. The van der Waals surface area contributed by atoms with Crippen LogP contribution in [0.1, 0.15) is 45.6 Å². The van der Waals surface area contributed by atoms with Crippen LogP contribution in [0.15, 0.2) is 30.3 Å². The third-order valence-corrected chi connectivity index (χ3v) is 4.43. The van der Waals surface area contributed by atoms with Crippen LogP contribution in [-0.2, 0) is 35.0 Å². The average molecular weight is 461 g/mol. The van der Waals surface area contributed by atoms with E-state index in [4.69, 9.17) is 9.47 Å². The minimum Gasteiger partial charge on any atom is -0.548 e. The summed E-state index contributed by atoms with van der Waals surface area (Å²) in [7, 11) is 2.79. The summed E-state index contributed by atoms with van der Waals surface area (Å²) in [5.74, 6) is -0.833. The molecule has 0 saturated heterocycles. The zero-order chi connectivity index (χ0) is 23.6. The van der Waals surface area contributed by atoms with Gasteiger partial charge in [0.05, 0.1) is 25.1 Å². The summed E-state index contributed by atoms with van der Waals surface area (Å²) < 4.78 is 14.5. The number of hydrogen-bond donors (Lipinski definition) is 0. The van der Waals surface area contributed by atoms with E-state index in [0.29, 0.717) is 24.9 Å². The van der Waals surface area contributed by atoms with Crippen LogP contribution in [0.25, 0.3) is 0 Å². The van der Waals surface area contributed by atoms with Crippen molar-refractivity contribution in [2.45, 2.75) is 46.5 Å². The van der Waals surface area contributed by atoms with E-state index in [2.05, 4.69) is 25.5 Å². The molecule has 0 bridgehead atoms. The van der Waals surface area contributed by atoms with Crippen molar-refractivity contribution in [2.75, 3.05) is 34.0 Å². The van der Waals surface area contributed by atoms with Crippen LogP contribution in [0.2, 0.25) is 0 Å². The SMILES string of the molecule is COCC(=O)CC(Cc1ccccc1)C(=O)OCCC(C)CC(C)C.COCC(=O)[O-].[Na+]. The molecule has 0 heterocycles. The van der Waals surface area contributed by atoms with Crippen molar-refractivity contribution in [3.8, 4) is 0 Å². The molecule has 0 aliphatic rings. The van der Waals surface area contributed by atoms with E-state index in [-0.39, 0.29) is 60.9 Å². The monoisotopic (exact) mass is 460 g/mol. The Hall–Kier alpha value is -1.25. The number of methoxy groups -OCH3 is 2. The molecule has 0 saturated carbocycles. The predicted octanol–water partition coefficient (Wildman–Crippen LogP) is -0.547. The predicted molar refractivity (Wildman–Crippen MR) is 116 cm³/mol. The van der Waals surface area contributed by atoms with Crippen molar-refractivity contribution in [2.24, 2.45) is 17.8 Å². The van der Waals surface area contributed by atoms with Gasteiger partial charge in [-0.1, -0.05) is 51.1 Å². The number of esters is 1. The number of carbonyl (C=O) groups is 3. The maximum absolute atomic E-state index is 12.5. The molecule has 32 heavy (non-hydrogen) atoms. The van der Waals surface area contributed by atoms with Gasteiger partial charge in [0, 0.05) is 20.6 Å². The molecule has 0 amide bonds. The molecule has 0 aliphatic heterocycles. The van der Waals surface area contributed by atoms with Gasteiger partial charge >= 0.3 is 35.5 Å². The van der Waals surface area contributed by atoms with Crippen LogP contribution in [0, 0.1) is 17.8 Å². The van der Waals surface area contributed by atoms with Crippen LogP contribution in [-0.4, -0.2) is 51.8 Å². The number of aliphatic carboxylic acids is 1. The van der Waals surface area contributed by atoms with E-state index in [9.17, 15) is 19.5 Å². The van der Waals surface area contributed by atoms with Gasteiger partial charge in [0.1, 0.15) is 6.61 Å². The number of ether oxygens (including phenoxy) is 3. The molecule has 0 fully saturated rings. The summed E-state index contributed by atoms with van der Waals surface area (Å²) in [5.41, 5.74) is 1.03. The van der Waals surface area contributed by atoms with Gasteiger partial charge in [-0.2, -0.15) is 0 Å². The molecule has 1 rings (SSSR count). The summed E-state index contributed by atoms with van der Waals surface area (Å²) >= 11 is 0. The van der Waals surface area contributed by atoms with Crippen LogP contribution >= 0.6 is 0 Å². The van der Waals surface area contributed by atoms with Crippen LogP contribution in [0.5, 0.6) is 0 Å². The first kappa shape index (κ1) is 32.9. The minimum absolute atomic E-state index is 0. The summed E-state index contributed by atoms with van der Waals surface area (Å²) in [6, 6.07) is 9.73. The Kier molecular flexibility index (Phi) is 21.0. The Morgan fingerprint density at radius 3 is 2.03 bits per heavy atom. The van der Waals surface area contributed by atoms with Crippen molar-refractivity contribution in [3.05, 3.63) is 35.9 Å². The van der Waals surface area contributed by atoms with Gasteiger partial charge in [-0.15, -0.1) is 0 Å². The fraction of sp³-hybridized carbons (Fsp3) is 0.625. The van der Waals surface area contributed by atoms with Gasteiger partial charge in [-0.25, -0.2) is 0 Å². The number of Topliss-reactive ketones (excluding diaryl/α,β-unsaturated/α-hetero) is 1. The third kappa shape index (κ3) is 18.3. The molecule has 7 nitrogen and oxygen atoms in total. The molecule has 0 N–H and O–H groups in total. The fourth-order valence-corrected chi connectivity index (χ4v) is 3.15. The van der Waals surface area contributed by atoms with Gasteiger partial charge in [-0.3, -0.25) is 9.59 Å². The standard InChI is InChI=1S/C21H32O4.C3H6O3.Na/c1-16(2)12-17(3)10-11-25-21(23)19(14-20(22)15-24-4)13-18-8-6-5-7-9-18;1-6-2-3(4)5;/h5-9,16-17,19H,10-15H2,1-4H3;2H2,1H3,(H,4,5);/q;;+1/p-1. The van der Waals surface area contributed by atoms with E-state index in [1.165, 1.54) is 14.2 Å². The van der Waals surface area contributed by atoms with E-state index in [1.54, 1.807) is 0 Å². The second-order valence-corrected chi connectivity index (χ2v) is 8.06. The smallest absolute Gasteiger partial charge is 0.548 e. The maximum atomic E-state index is 12.5. The Bertz CT molecular complexity index is 634. The van der Waals surface area contributed by atoms with Gasteiger partial charge in [-0.05, 0) is 36.7 Å². The van der Waals surface area contributed by atoms with E-state index < -0.39 is 11.9 Å². The Morgan fingerprint density at radius 2 is 1.56 bits per heavy atom. The Labute approximate surface area is 214 Å². The zero-order valence-electron chi connectivity index (χ0n) is 20.4. The number of rotatable bonds is 14. The molecule has 2 unspecified atom stereocenters. The molecular formula is C24H37NaO7.